The first kappa shape index (κ1) is 16.0. The van der Waals surface area contributed by atoms with Crippen LogP contribution in [0, 0.1) is 18.3 Å². The maximum absolute atomic E-state index is 7.35. The van der Waals surface area contributed by atoms with E-state index in [1.807, 2.05) is 14.0 Å². The van der Waals surface area contributed by atoms with E-state index in [1.54, 1.807) is 4.68 Å². The molecule has 0 amide bonds. The van der Waals surface area contributed by atoms with Crippen LogP contribution in [-0.2, 0) is 13.6 Å². The number of nitrogens with one attached hydrogen (secondary N) is 1. The Bertz CT molecular complexity index is 438. The molecule has 1 heterocycles. The first-order valence-corrected chi connectivity index (χ1v) is 6.92. The van der Waals surface area contributed by atoms with Crippen molar-refractivity contribution in [3.63, 3.8) is 0 Å². The second kappa shape index (κ2) is 6.91. The molecule has 3 N–H and O–H groups in total. The van der Waals surface area contributed by atoms with Gasteiger partial charge in [0.25, 0.3) is 0 Å². The van der Waals surface area contributed by atoms with Crippen molar-refractivity contribution in [2.24, 2.45) is 18.7 Å². The molecule has 1 aromatic heterocycles. The standard InChI is InChI=1S/C13H24ClN5/c1-9(2)7-19(6-5-12(15)16)8-11-10(3)17-18(4)13(11)14/h9H,5-8H2,1-4H3,(H3,15,16). The van der Waals surface area contributed by atoms with Gasteiger partial charge in [-0.2, -0.15) is 5.10 Å². The van der Waals surface area contributed by atoms with E-state index in [2.05, 4.69) is 23.8 Å². The molecule has 0 atom stereocenters. The van der Waals surface area contributed by atoms with Gasteiger partial charge < -0.3 is 5.73 Å². The molecular formula is C13H24ClN5. The molecule has 6 heteroatoms. The summed E-state index contributed by atoms with van der Waals surface area (Å²) in [6, 6.07) is 0. The number of hydrogen-bond acceptors (Lipinski definition) is 3. The Balaban J connectivity index is 2.78. The molecule has 0 aliphatic carbocycles. The zero-order valence-electron chi connectivity index (χ0n) is 12.2. The molecule has 19 heavy (non-hydrogen) atoms. The monoisotopic (exact) mass is 285 g/mol. The number of hydrogen-bond donors (Lipinski definition) is 2. The Morgan fingerprint density at radius 2 is 2.16 bits per heavy atom. The van der Waals surface area contributed by atoms with Crippen molar-refractivity contribution >= 4 is 17.4 Å². The second-order valence-corrected chi connectivity index (χ2v) is 5.74. The minimum absolute atomic E-state index is 0.225. The van der Waals surface area contributed by atoms with Crippen LogP contribution < -0.4 is 5.73 Å². The summed E-state index contributed by atoms with van der Waals surface area (Å²) >= 11 is 6.26. The fourth-order valence-corrected chi connectivity index (χ4v) is 2.34. The van der Waals surface area contributed by atoms with Crippen molar-refractivity contribution in [2.75, 3.05) is 13.1 Å². The predicted molar refractivity (Wildman–Crippen MR) is 79.6 cm³/mol. The van der Waals surface area contributed by atoms with E-state index in [9.17, 15) is 0 Å². The fraction of sp³-hybridized carbons (Fsp3) is 0.692. The molecule has 0 radical (unpaired) electrons. The lowest BCUT2D eigenvalue weighted by Crippen LogP contribution is -2.31. The van der Waals surface area contributed by atoms with E-state index in [0.29, 0.717) is 17.5 Å². The Hall–Kier alpha value is -1.07. The van der Waals surface area contributed by atoms with Crippen LogP contribution >= 0.6 is 11.6 Å². The molecular weight excluding hydrogens is 262 g/mol. The molecule has 0 saturated heterocycles. The summed E-state index contributed by atoms with van der Waals surface area (Å²) in [5.74, 6) is 0.783. The number of rotatable bonds is 7. The van der Waals surface area contributed by atoms with E-state index in [4.69, 9.17) is 22.7 Å². The minimum Gasteiger partial charge on any atom is -0.388 e. The molecule has 0 saturated carbocycles. The lowest BCUT2D eigenvalue weighted by molar-refractivity contribution is 0.242. The average molecular weight is 286 g/mol. The molecule has 0 bridgehead atoms. The van der Waals surface area contributed by atoms with Crippen LogP contribution in [0.25, 0.3) is 0 Å². The van der Waals surface area contributed by atoms with Crippen LogP contribution in [-0.4, -0.2) is 33.6 Å². The highest BCUT2D eigenvalue weighted by Crippen LogP contribution is 2.21. The Morgan fingerprint density at radius 1 is 1.53 bits per heavy atom. The normalized spacial score (nSPS) is 11.5. The molecule has 1 aromatic rings. The van der Waals surface area contributed by atoms with Gasteiger partial charge in [-0.15, -0.1) is 0 Å². The van der Waals surface area contributed by atoms with Crippen LogP contribution in [0.2, 0.25) is 5.15 Å². The maximum atomic E-state index is 7.35. The predicted octanol–water partition coefficient (Wildman–Crippen LogP) is 2.17. The van der Waals surface area contributed by atoms with Crippen molar-refractivity contribution < 1.29 is 0 Å². The van der Waals surface area contributed by atoms with Gasteiger partial charge in [-0.25, -0.2) is 0 Å². The van der Waals surface area contributed by atoms with E-state index >= 15 is 0 Å². The molecule has 0 fully saturated rings. The molecule has 108 valence electrons. The Kier molecular flexibility index (Phi) is 5.82. The summed E-state index contributed by atoms with van der Waals surface area (Å²) in [5.41, 5.74) is 7.47. The smallest absolute Gasteiger partial charge is 0.131 e. The molecule has 1 rings (SSSR count). The van der Waals surface area contributed by atoms with Crippen LogP contribution in [0.5, 0.6) is 0 Å². The lowest BCUT2D eigenvalue weighted by atomic mass is 10.1. The lowest BCUT2D eigenvalue weighted by Gasteiger charge is -2.24. The van der Waals surface area contributed by atoms with E-state index in [-0.39, 0.29) is 5.84 Å². The van der Waals surface area contributed by atoms with Crippen molar-refractivity contribution in [2.45, 2.75) is 33.7 Å². The maximum Gasteiger partial charge on any atom is 0.131 e. The third-order valence-electron chi connectivity index (χ3n) is 2.97. The highest BCUT2D eigenvalue weighted by molar-refractivity contribution is 6.30. The molecule has 5 nitrogen and oxygen atoms in total. The van der Waals surface area contributed by atoms with Gasteiger partial charge in [0.1, 0.15) is 5.15 Å². The van der Waals surface area contributed by atoms with Crippen LogP contribution in [0.4, 0.5) is 0 Å². The van der Waals surface area contributed by atoms with Gasteiger partial charge in [-0.3, -0.25) is 15.0 Å². The summed E-state index contributed by atoms with van der Waals surface area (Å²) in [6.07, 6.45) is 0.587. The topological polar surface area (TPSA) is 70.9 Å². The Morgan fingerprint density at radius 3 is 2.58 bits per heavy atom. The minimum atomic E-state index is 0.225. The fourth-order valence-electron chi connectivity index (χ4n) is 2.11. The third-order valence-corrected chi connectivity index (χ3v) is 3.45. The van der Waals surface area contributed by atoms with Crippen LogP contribution in [0.15, 0.2) is 0 Å². The molecule has 0 aliphatic rings. The molecule has 0 aromatic carbocycles. The second-order valence-electron chi connectivity index (χ2n) is 5.38. The summed E-state index contributed by atoms with van der Waals surface area (Å²) in [5, 5.41) is 12.4. The van der Waals surface area contributed by atoms with E-state index in [1.165, 1.54) is 0 Å². The zero-order chi connectivity index (χ0) is 14.6. The number of halogens is 1. The van der Waals surface area contributed by atoms with Gasteiger partial charge in [-0.05, 0) is 12.8 Å². The van der Waals surface area contributed by atoms with Crippen LogP contribution in [0.3, 0.4) is 0 Å². The first-order chi connectivity index (χ1) is 8.81. The van der Waals surface area contributed by atoms with Gasteiger partial charge in [0.2, 0.25) is 0 Å². The first-order valence-electron chi connectivity index (χ1n) is 6.54. The zero-order valence-corrected chi connectivity index (χ0v) is 13.0. The van der Waals surface area contributed by atoms with Crippen molar-refractivity contribution in [3.05, 3.63) is 16.4 Å². The summed E-state index contributed by atoms with van der Waals surface area (Å²) < 4.78 is 1.70. The largest absolute Gasteiger partial charge is 0.388 e. The Labute approximate surface area is 120 Å². The van der Waals surface area contributed by atoms with E-state index < -0.39 is 0 Å². The van der Waals surface area contributed by atoms with E-state index in [0.717, 1.165) is 30.9 Å². The van der Waals surface area contributed by atoms with Crippen molar-refractivity contribution in [1.29, 1.82) is 5.41 Å². The van der Waals surface area contributed by atoms with Gasteiger partial charge in [0, 0.05) is 38.7 Å². The summed E-state index contributed by atoms with van der Waals surface area (Å²) in [7, 11) is 1.85. The van der Waals surface area contributed by atoms with Crippen molar-refractivity contribution in [1.82, 2.24) is 14.7 Å². The number of nitrogens with two attached hydrogens (primary N) is 1. The van der Waals surface area contributed by atoms with Gasteiger partial charge in [0.15, 0.2) is 0 Å². The highest BCUT2D eigenvalue weighted by atomic mass is 35.5. The summed E-state index contributed by atoms with van der Waals surface area (Å²) in [4.78, 5) is 2.28. The van der Waals surface area contributed by atoms with Crippen molar-refractivity contribution in [3.8, 4) is 0 Å². The highest BCUT2D eigenvalue weighted by Gasteiger charge is 2.16. The number of nitrogens with zero attached hydrogens (tertiary/aromatic N) is 3. The molecule has 0 aliphatic heterocycles. The third kappa shape index (κ3) is 4.84. The van der Waals surface area contributed by atoms with Gasteiger partial charge >= 0.3 is 0 Å². The van der Waals surface area contributed by atoms with Crippen LogP contribution in [0.1, 0.15) is 31.5 Å². The number of aromatic nitrogens is 2. The summed E-state index contributed by atoms with van der Waals surface area (Å²) in [6.45, 7) is 8.82. The number of aryl methyl sites for hydroxylation is 2. The van der Waals surface area contributed by atoms with Gasteiger partial charge in [0.05, 0.1) is 11.5 Å². The number of amidine groups is 1. The molecule has 0 unspecified atom stereocenters. The average Bonchev–Trinajstić information content (AvgIpc) is 2.52. The molecule has 0 spiro atoms. The SMILES string of the molecule is Cc1nn(C)c(Cl)c1CN(CCC(=N)N)CC(C)C. The van der Waals surface area contributed by atoms with Gasteiger partial charge in [-0.1, -0.05) is 25.4 Å². The quantitative estimate of drug-likeness (QED) is 0.596.